The molecule has 2 N–H and O–H groups in total. The Kier molecular flexibility index (Phi) is 4.67. The van der Waals surface area contributed by atoms with Gasteiger partial charge in [-0.25, -0.2) is 4.68 Å². The number of nitrogens with zero attached hydrogens (tertiary/aromatic N) is 6. The highest BCUT2D eigenvalue weighted by Gasteiger charge is 2.28. The molecule has 10 nitrogen and oxygen atoms in total. The Hall–Kier alpha value is -3.08. The molecule has 3 aromatic rings. The topological polar surface area (TPSA) is 133 Å². The summed E-state index contributed by atoms with van der Waals surface area (Å²) >= 11 is 1.56. The van der Waals surface area contributed by atoms with Gasteiger partial charge in [-0.3, -0.25) is 9.59 Å². The molecular formula is C16H17N7O3S. The SMILES string of the molecule is NC(=O)c1cn(CC(=O)N2CCC(c3nc(-c4cccs4)no3)CC2)nn1. The van der Waals surface area contributed by atoms with Gasteiger partial charge in [0.15, 0.2) is 5.69 Å². The van der Waals surface area contributed by atoms with E-state index in [9.17, 15) is 9.59 Å². The van der Waals surface area contributed by atoms with Gasteiger partial charge in [0, 0.05) is 19.0 Å². The number of hydrogen-bond acceptors (Lipinski definition) is 8. The Morgan fingerprint density at radius 1 is 1.33 bits per heavy atom. The molecule has 11 heteroatoms. The molecule has 1 aliphatic heterocycles. The zero-order valence-electron chi connectivity index (χ0n) is 14.3. The molecule has 0 bridgehead atoms. The lowest BCUT2D eigenvalue weighted by molar-refractivity contribution is -0.133. The minimum Gasteiger partial charge on any atom is -0.364 e. The first-order valence-corrected chi connectivity index (χ1v) is 9.33. The fourth-order valence-electron chi connectivity index (χ4n) is 3.01. The monoisotopic (exact) mass is 387 g/mol. The van der Waals surface area contributed by atoms with Crippen LogP contribution in [-0.2, 0) is 11.3 Å². The normalized spacial score (nSPS) is 15.2. The van der Waals surface area contributed by atoms with E-state index in [1.165, 1.54) is 10.9 Å². The molecule has 1 fully saturated rings. The van der Waals surface area contributed by atoms with Crippen molar-refractivity contribution < 1.29 is 14.1 Å². The molecule has 3 aromatic heterocycles. The number of aromatic nitrogens is 5. The van der Waals surface area contributed by atoms with E-state index in [0.717, 1.165) is 17.7 Å². The number of piperidine rings is 1. The average molecular weight is 387 g/mol. The third-order valence-electron chi connectivity index (χ3n) is 4.47. The van der Waals surface area contributed by atoms with Crippen LogP contribution < -0.4 is 5.73 Å². The van der Waals surface area contributed by atoms with Crippen molar-refractivity contribution in [1.29, 1.82) is 0 Å². The smallest absolute Gasteiger partial charge is 0.270 e. The molecule has 0 unspecified atom stereocenters. The van der Waals surface area contributed by atoms with Gasteiger partial charge in [-0.15, -0.1) is 16.4 Å². The van der Waals surface area contributed by atoms with Crippen molar-refractivity contribution in [2.45, 2.75) is 25.3 Å². The van der Waals surface area contributed by atoms with Crippen LogP contribution in [0.25, 0.3) is 10.7 Å². The van der Waals surface area contributed by atoms with E-state index in [0.29, 0.717) is 24.8 Å². The van der Waals surface area contributed by atoms with Crippen LogP contribution in [0.4, 0.5) is 0 Å². The van der Waals surface area contributed by atoms with E-state index < -0.39 is 5.91 Å². The molecule has 2 amide bonds. The standard InChI is InChI=1S/C16H17N7O3S/c17-14(25)11-8-23(21-19-11)9-13(24)22-5-3-10(4-6-22)16-18-15(20-26-16)12-2-1-7-27-12/h1-2,7-8,10H,3-6,9H2,(H2,17,25). The second kappa shape index (κ2) is 7.27. The molecule has 0 atom stereocenters. The lowest BCUT2D eigenvalue weighted by atomic mass is 9.97. The molecule has 4 heterocycles. The van der Waals surface area contributed by atoms with E-state index >= 15 is 0 Å². The Morgan fingerprint density at radius 3 is 2.81 bits per heavy atom. The van der Waals surface area contributed by atoms with Crippen molar-refractivity contribution >= 4 is 23.2 Å². The summed E-state index contributed by atoms with van der Waals surface area (Å²) in [6.07, 6.45) is 2.88. The molecule has 1 aliphatic rings. The van der Waals surface area contributed by atoms with Crippen LogP contribution in [0, 0.1) is 0 Å². The van der Waals surface area contributed by atoms with Crippen molar-refractivity contribution in [3.63, 3.8) is 0 Å². The first-order valence-electron chi connectivity index (χ1n) is 8.45. The lowest BCUT2D eigenvalue weighted by Gasteiger charge is -2.30. The molecule has 0 spiro atoms. The fourth-order valence-corrected chi connectivity index (χ4v) is 3.66. The molecule has 27 heavy (non-hydrogen) atoms. The Morgan fingerprint density at radius 2 is 2.15 bits per heavy atom. The number of carbonyl (C=O) groups excluding carboxylic acids is 2. The minimum absolute atomic E-state index is 0.0219. The molecule has 140 valence electrons. The predicted octanol–water partition coefficient (Wildman–Crippen LogP) is 0.895. The zero-order valence-corrected chi connectivity index (χ0v) is 15.1. The second-order valence-corrected chi connectivity index (χ2v) is 7.20. The molecular weight excluding hydrogens is 370 g/mol. The van der Waals surface area contributed by atoms with Gasteiger partial charge < -0.3 is 15.2 Å². The highest BCUT2D eigenvalue weighted by Crippen LogP contribution is 2.29. The highest BCUT2D eigenvalue weighted by atomic mass is 32.1. The van der Waals surface area contributed by atoms with Crippen LogP contribution in [0.1, 0.15) is 35.1 Å². The summed E-state index contributed by atoms with van der Waals surface area (Å²) in [5, 5.41) is 13.4. The number of rotatable bonds is 5. The van der Waals surface area contributed by atoms with Gasteiger partial charge >= 0.3 is 0 Å². The lowest BCUT2D eigenvalue weighted by Crippen LogP contribution is -2.39. The summed E-state index contributed by atoms with van der Waals surface area (Å²) in [4.78, 5) is 30.7. The van der Waals surface area contributed by atoms with Crippen LogP contribution in [0.2, 0.25) is 0 Å². The maximum absolute atomic E-state index is 12.4. The van der Waals surface area contributed by atoms with Gasteiger partial charge in [-0.2, -0.15) is 4.98 Å². The van der Waals surface area contributed by atoms with Gasteiger partial charge in [0.05, 0.1) is 11.1 Å². The number of hydrogen-bond donors (Lipinski definition) is 1. The number of carbonyl (C=O) groups is 2. The maximum atomic E-state index is 12.4. The Balaban J connectivity index is 1.33. The van der Waals surface area contributed by atoms with Gasteiger partial charge in [0.25, 0.3) is 5.91 Å². The van der Waals surface area contributed by atoms with Crippen molar-refractivity contribution in [2.24, 2.45) is 5.73 Å². The van der Waals surface area contributed by atoms with Crippen LogP contribution in [0.15, 0.2) is 28.2 Å². The van der Waals surface area contributed by atoms with Crippen LogP contribution in [-0.4, -0.2) is 54.9 Å². The largest absolute Gasteiger partial charge is 0.364 e. The number of thiophene rings is 1. The van der Waals surface area contributed by atoms with Gasteiger partial charge in [0.2, 0.25) is 17.6 Å². The maximum Gasteiger partial charge on any atom is 0.270 e. The number of primary amides is 1. The Bertz CT molecular complexity index is 941. The first kappa shape index (κ1) is 17.3. The third-order valence-corrected chi connectivity index (χ3v) is 5.33. The third kappa shape index (κ3) is 3.72. The fraction of sp³-hybridized carbons (Fsp3) is 0.375. The Labute approximate surface area is 158 Å². The summed E-state index contributed by atoms with van der Waals surface area (Å²) in [7, 11) is 0. The molecule has 0 aliphatic carbocycles. The highest BCUT2D eigenvalue weighted by molar-refractivity contribution is 7.13. The van der Waals surface area contributed by atoms with Crippen molar-refractivity contribution in [3.8, 4) is 10.7 Å². The van der Waals surface area contributed by atoms with E-state index in [4.69, 9.17) is 10.3 Å². The van der Waals surface area contributed by atoms with E-state index in [2.05, 4.69) is 20.5 Å². The molecule has 4 rings (SSSR count). The van der Waals surface area contributed by atoms with Crippen LogP contribution in [0.5, 0.6) is 0 Å². The van der Waals surface area contributed by atoms with E-state index in [1.807, 2.05) is 17.5 Å². The predicted molar refractivity (Wildman–Crippen MR) is 94.7 cm³/mol. The van der Waals surface area contributed by atoms with Gasteiger partial charge in [-0.05, 0) is 24.3 Å². The summed E-state index contributed by atoms with van der Waals surface area (Å²) in [6, 6.07) is 3.90. The van der Waals surface area contributed by atoms with E-state index in [-0.39, 0.29) is 24.1 Å². The first-order chi connectivity index (χ1) is 13.1. The summed E-state index contributed by atoms with van der Waals surface area (Å²) in [6.45, 7) is 1.21. The number of amides is 2. The molecule has 1 saturated heterocycles. The van der Waals surface area contributed by atoms with Crippen LogP contribution in [0.3, 0.4) is 0 Å². The number of likely N-dealkylation sites (tertiary alicyclic amines) is 1. The summed E-state index contributed by atoms with van der Waals surface area (Å²) in [5.74, 6) is 0.612. The van der Waals surface area contributed by atoms with Gasteiger partial charge in [-0.1, -0.05) is 16.4 Å². The molecule has 0 saturated carbocycles. The summed E-state index contributed by atoms with van der Waals surface area (Å²) in [5.41, 5.74) is 5.18. The van der Waals surface area contributed by atoms with Crippen molar-refractivity contribution in [3.05, 3.63) is 35.3 Å². The van der Waals surface area contributed by atoms with Crippen LogP contribution >= 0.6 is 11.3 Å². The molecule has 0 aromatic carbocycles. The second-order valence-electron chi connectivity index (χ2n) is 6.25. The zero-order chi connectivity index (χ0) is 18.8. The van der Waals surface area contributed by atoms with Crippen molar-refractivity contribution in [2.75, 3.05) is 13.1 Å². The molecule has 0 radical (unpaired) electrons. The summed E-state index contributed by atoms with van der Waals surface area (Å²) < 4.78 is 6.74. The quantitative estimate of drug-likeness (QED) is 0.687. The van der Waals surface area contributed by atoms with Gasteiger partial charge in [0.1, 0.15) is 6.54 Å². The van der Waals surface area contributed by atoms with E-state index in [1.54, 1.807) is 16.2 Å². The van der Waals surface area contributed by atoms with Crippen molar-refractivity contribution in [1.82, 2.24) is 30.0 Å². The number of nitrogens with two attached hydrogens (primary N) is 1. The average Bonchev–Trinajstić information content (AvgIpc) is 3.42. The minimum atomic E-state index is -0.670.